The monoisotopic (exact) mass is 238 g/mol. The van der Waals surface area contributed by atoms with Gasteiger partial charge >= 0.3 is 6.09 Å². The van der Waals surface area contributed by atoms with Gasteiger partial charge in [-0.25, -0.2) is 9.78 Å². The minimum absolute atomic E-state index is 0.132. The van der Waals surface area contributed by atoms with E-state index in [1.54, 1.807) is 6.07 Å². The second-order valence-electron chi connectivity index (χ2n) is 3.93. The Morgan fingerprint density at radius 2 is 2.41 bits per heavy atom. The largest absolute Gasteiger partial charge is 0.493 e. The molecule has 0 radical (unpaired) electrons. The van der Waals surface area contributed by atoms with Gasteiger partial charge in [0.2, 0.25) is 5.88 Å². The lowest BCUT2D eigenvalue weighted by atomic mass is 10.2. The van der Waals surface area contributed by atoms with Crippen LogP contribution in [0, 0.1) is 0 Å². The lowest BCUT2D eigenvalue weighted by Crippen LogP contribution is -2.36. The summed E-state index contributed by atoms with van der Waals surface area (Å²) in [5, 5.41) is 18.3. The second-order valence-corrected chi connectivity index (χ2v) is 3.93. The van der Waals surface area contributed by atoms with Crippen LogP contribution in [0.3, 0.4) is 0 Å². The molecule has 0 saturated heterocycles. The first-order chi connectivity index (χ1) is 8.10. The number of carbonyl (C=O) groups is 1. The molecule has 1 aromatic rings. The van der Waals surface area contributed by atoms with Gasteiger partial charge in [-0.2, -0.15) is 0 Å². The maximum atomic E-state index is 11.0. The molecule has 0 fully saturated rings. The van der Waals surface area contributed by atoms with E-state index in [4.69, 9.17) is 9.84 Å². The van der Waals surface area contributed by atoms with Gasteiger partial charge < -0.3 is 14.9 Å². The van der Waals surface area contributed by atoms with Gasteiger partial charge in [0, 0.05) is 6.07 Å². The number of aromatic hydroxyl groups is 1. The molecule has 1 atom stereocenters. The quantitative estimate of drug-likeness (QED) is 0.773. The van der Waals surface area contributed by atoms with Gasteiger partial charge in [-0.3, -0.25) is 4.90 Å². The highest BCUT2D eigenvalue weighted by atomic mass is 16.5. The first-order valence-electron chi connectivity index (χ1n) is 5.43. The summed E-state index contributed by atoms with van der Waals surface area (Å²) in [4.78, 5) is 16.2. The van der Waals surface area contributed by atoms with Crippen molar-refractivity contribution >= 4 is 6.09 Å². The van der Waals surface area contributed by atoms with Gasteiger partial charge in [-0.15, -0.1) is 0 Å². The molecule has 92 valence electrons. The first kappa shape index (κ1) is 11.5. The van der Waals surface area contributed by atoms with Crippen LogP contribution in [-0.4, -0.2) is 38.8 Å². The van der Waals surface area contributed by atoms with Crippen LogP contribution in [-0.2, 0) is 6.54 Å². The van der Waals surface area contributed by atoms with Crippen molar-refractivity contribution in [3.8, 4) is 11.6 Å². The molecule has 6 nitrogen and oxygen atoms in total. The number of hydrogen-bond donors (Lipinski definition) is 2. The molecule has 0 unspecified atom stereocenters. The molecule has 17 heavy (non-hydrogen) atoms. The number of ether oxygens (including phenoxy) is 1. The van der Waals surface area contributed by atoms with E-state index in [2.05, 4.69) is 4.98 Å². The van der Waals surface area contributed by atoms with Crippen molar-refractivity contribution in [3.63, 3.8) is 0 Å². The predicted molar refractivity (Wildman–Crippen MR) is 59.0 cm³/mol. The third kappa shape index (κ3) is 2.41. The number of hydrogen-bond acceptors (Lipinski definition) is 4. The van der Waals surface area contributed by atoms with Gasteiger partial charge in [0.1, 0.15) is 17.5 Å². The Hall–Kier alpha value is -1.98. The van der Waals surface area contributed by atoms with Crippen LogP contribution in [0.5, 0.6) is 11.6 Å². The topological polar surface area (TPSA) is 82.9 Å². The number of pyridine rings is 1. The van der Waals surface area contributed by atoms with E-state index in [9.17, 15) is 9.90 Å². The highest BCUT2D eigenvalue weighted by Gasteiger charge is 2.25. The maximum Gasteiger partial charge on any atom is 0.407 e. The van der Waals surface area contributed by atoms with Gasteiger partial charge in [0.25, 0.3) is 0 Å². The summed E-state index contributed by atoms with van der Waals surface area (Å²) < 4.78 is 5.66. The van der Waals surface area contributed by atoms with Crippen molar-refractivity contribution in [3.05, 3.63) is 17.8 Å². The van der Waals surface area contributed by atoms with E-state index >= 15 is 0 Å². The molecule has 1 aliphatic heterocycles. The van der Waals surface area contributed by atoms with Crippen molar-refractivity contribution in [2.75, 3.05) is 6.54 Å². The molecule has 0 bridgehead atoms. The fourth-order valence-electron chi connectivity index (χ4n) is 1.76. The van der Waals surface area contributed by atoms with Gasteiger partial charge in [-0.05, 0) is 12.5 Å². The fraction of sp³-hybridized carbons (Fsp3) is 0.455. The van der Waals surface area contributed by atoms with E-state index in [-0.39, 0.29) is 18.5 Å². The molecule has 0 spiro atoms. The minimum Gasteiger partial charge on any atom is -0.493 e. The summed E-state index contributed by atoms with van der Waals surface area (Å²) in [7, 11) is 0. The second kappa shape index (κ2) is 4.48. The van der Waals surface area contributed by atoms with Crippen LogP contribution in [0.15, 0.2) is 12.1 Å². The Morgan fingerprint density at radius 3 is 3.06 bits per heavy atom. The summed E-state index contributed by atoms with van der Waals surface area (Å²) >= 11 is 0. The lowest BCUT2D eigenvalue weighted by molar-refractivity contribution is 0.114. The first-order valence-corrected chi connectivity index (χ1v) is 5.43. The average molecular weight is 238 g/mol. The zero-order chi connectivity index (χ0) is 12.4. The molecule has 1 aromatic heterocycles. The maximum absolute atomic E-state index is 11.0. The number of rotatable bonds is 1. The summed E-state index contributed by atoms with van der Waals surface area (Å²) in [6.07, 6.45) is -0.479. The summed E-state index contributed by atoms with van der Waals surface area (Å²) in [5.74, 6) is 0.408. The zero-order valence-electron chi connectivity index (χ0n) is 9.46. The average Bonchev–Trinajstić information content (AvgIpc) is 2.47. The molecule has 0 saturated carbocycles. The molecule has 2 rings (SSSR count). The van der Waals surface area contributed by atoms with E-state index < -0.39 is 6.09 Å². The smallest absolute Gasteiger partial charge is 0.407 e. The molecule has 1 amide bonds. The van der Waals surface area contributed by atoms with Crippen LogP contribution in [0.1, 0.15) is 19.0 Å². The van der Waals surface area contributed by atoms with Crippen molar-refractivity contribution in [1.29, 1.82) is 0 Å². The summed E-state index contributed by atoms with van der Waals surface area (Å²) in [5.41, 5.74) is 0.448. The summed E-state index contributed by atoms with van der Waals surface area (Å²) in [6.45, 7) is 2.38. The van der Waals surface area contributed by atoms with Crippen LogP contribution >= 0.6 is 0 Å². The molecule has 6 heteroatoms. The Labute approximate surface area is 98.5 Å². The van der Waals surface area contributed by atoms with E-state index in [1.807, 2.05) is 6.92 Å². The zero-order valence-corrected chi connectivity index (χ0v) is 9.46. The lowest BCUT2D eigenvalue weighted by Gasteiger charge is -2.19. The third-order valence-electron chi connectivity index (χ3n) is 2.70. The molecule has 1 aliphatic rings. The Balaban J connectivity index is 2.35. The normalized spacial score (nSPS) is 19.1. The Bertz CT molecular complexity index is 435. The molecular weight excluding hydrogens is 224 g/mol. The molecule has 0 aromatic carbocycles. The van der Waals surface area contributed by atoms with Gasteiger partial charge in [-0.1, -0.05) is 6.92 Å². The molecule has 0 aliphatic carbocycles. The molecule has 2 N–H and O–H groups in total. The number of nitrogens with zero attached hydrogens (tertiary/aromatic N) is 2. The number of aromatic nitrogens is 1. The van der Waals surface area contributed by atoms with Crippen LogP contribution in [0.4, 0.5) is 4.79 Å². The molecular formula is C11H14N2O4. The SMILES string of the molecule is CC[C@@H]1CN(C(=O)O)Cc2nc(O)ccc2O1. The van der Waals surface area contributed by atoms with Crippen molar-refractivity contribution in [2.45, 2.75) is 26.0 Å². The number of carboxylic acid groups (broad SMARTS) is 1. The van der Waals surface area contributed by atoms with Crippen LogP contribution in [0.2, 0.25) is 0 Å². The van der Waals surface area contributed by atoms with Crippen LogP contribution in [0.25, 0.3) is 0 Å². The van der Waals surface area contributed by atoms with Crippen molar-refractivity contribution in [1.82, 2.24) is 9.88 Å². The van der Waals surface area contributed by atoms with Crippen molar-refractivity contribution in [2.24, 2.45) is 0 Å². The van der Waals surface area contributed by atoms with E-state index in [0.717, 1.165) is 0 Å². The van der Waals surface area contributed by atoms with Gasteiger partial charge in [0.05, 0.1) is 13.1 Å². The van der Waals surface area contributed by atoms with E-state index in [1.165, 1.54) is 11.0 Å². The van der Waals surface area contributed by atoms with Crippen molar-refractivity contribution < 1.29 is 19.7 Å². The Morgan fingerprint density at radius 1 is 1.65 bits per heavy atom. The van der Waals surface area contributed by atoms with Crippen LogP contribution < -0.4 is 4.74 Å². The third-order valence-corrected chi connectivity index (χ3v) is 2.70. The predicted octanol–water partition coefficient (Wildman–Crippen LogP) is 1.44. The standard InChI is InChI=1S/C11H14N2O4/c1-2-7-5-13(11(15)16)6-8-9(17-7)3-4-10(14)12-8/h3-4,7H,2,5-6H2,1H3,(H,12,14)(H,15,16)/t7-/m1/s1. The van der Waals surface area contributed by atoms with Gasteiger partial charge in [0.15, 0.2) is 0 Å². The fourth-order valence-corrected chi connectivity index (χ4v) is 1.76. The molecule has 2 heterocycles. The highest BCUT2D eigenvalue weighted by Crippen LogP contribution is 2.26. The number of amides is 1. The minimum atomic E-state index is -1.01. The number of fused-ring (bicyclic) bond motifs is 1. The summed E-state index contributed by atoms with van der Waals surface area (Å²) in [6, 6.07) is 3.05. The van der Waals surface area contributed by atoms with E-state index in [0.29, 0.717) is 24.4 Å². The highest BCUT2D eigenvalue weighted by molar-refractivity contribution is 5.65. The Kier molecular flexibility index (Phi) is 3.03.